The van der Waals surface area contributed by atoms with Gasteiger partial charge in [0.05, 0.1) is 35.5 Å². The summed E-state index contributed by atoms with van der Waals surface area (Å²) in [6, 6.07) is 11.5. The highest BCUT2D eigenvalue weighted by molar-refractivity contribution is 5.88. The number of piperazine rings is 1. The van der Waals surface area contributed by atoms with E-state index in [9.17, 15) is 18.0 Å². The average Bonchev–Trinajstić information content (AvgIpc) is 3.73. The first-order valence-electron chi connectivity index (χ1n) is 16.4. The Kier molecular flexibility index (Phi) is 8.88. The molecule has 3 aromatic heterocycles. The number of alkyl halides is 3. The number of aromatic nitrogens is 4. The molecule has 2 aliphatic heterocycles. The van der Waals surface area contributed by atoms with E-state index in [1.807, 2.05) is 17.2 Å². The molecule has 1 fully saturated rings. The highest BCUT2D eigenvalue weighted by Gasteiger charge is 2.34. The minimum Gasteiger partial charge on any atom is -0.453 e. The summed E-state index contributed by atoms with van der Waals surface area (Å²) in [6.07, 6.45) is 0.541. The Balaban J connectivity index is 1.05. The van der Waals surface area contributed by atoms with Gasteiger partial charge in [-0.25, -0.2) is 9.37 Å². The SMILES string of the molecule is CCN1CCN(Cc2ccc(CC(=O)N3CCc4ccc(Oc5c(F)cnc6[nH]c(-c7cnn(C)c7)cc56)cc4C3)cc2C(F)(F)F)CC1. The van der Waals surface area contributed by atoms with Crippen molar-refractivity contribution in [3.8, 4) is 22.8 Å². The number of aryl methyl sites for hydroxylation is 1. The van der Waals surface area contributed by atoms with Crippen LogP contribution in [0.3, 0.4) is 0 Å². The van der Waals surface area contributed by atoms with E-state index in [0.29, 0.717) is 41.0 Å². The van der Waals surface area contributed by atoms with Crippen molar-refractivity contribution in [3.63, 3.8) is 0 Å². The molecular weight excluding hydrogens is 638 g/mol. The molecule has 2 aliphatic rings. The quantitative estimate of drug-likeness (QED) is 0.198. The van der Waals surface area contributed by atoms with Crippen LogP contribution in [0.2, 0.25) is 0 Å². The number of ether oxygens (including phenoxy) is 1. The fourth-order valence-electron chi connectivity index (χ4n) is 6.70. The monoisotopic (exact) mass is 675 g/mol. The third kappa shape index (κ3) is 7.04. The van der Waals surface area contributed by atoms with Crippen molar-refractivity contribution in [2.45, 2.75) is 39.0 Å². The van der Waals surface area contributed by atoms with Crippen molar-refractivity contribution in [2.24, 2.45) is 7.05 Å². The summed E-state index contributed by atoms with van der Waals surface area (Å²) < 4.78 is 65.3. The summed E-state index contributed by atoms with van der Waals surface area (Å²) in [5, 5.41) is 4.66. The van der Waals surface area contributed by atoms with Crippen molar-refractivity contribution in [1.29, 1.82) is 0 Å². The number of carbonyl (C=O) groups excluding carboxylic acids is 1. The normalized spacial score (nSPS) is 15.9. The number of hydrogen-bond donors (Lipinski definition) is 1. The minimum atomic E-state index is -4.53. The number of hydrogen-bond acceptors (Lipinski definition) is 6. The Morgan fingerprint density at radius 1 is 0.980 bits per heavy atom. The zero-order valence-corrected chi connectivity index (χ0v) is 27.4. The average molecular weight is 676 g/mol. The molecule has 5 heterocycles. The third-order valence-electron chi connectivity index (χ3n) is 9.49. The predicted molar refractivity (Wildman–Crippen MR) is 176 cm³/mol. The second-order valence-corrected chi connectivity index (χ2v) is 12.8. The van der Waals surface area contributed by atoms with Crippen molar-refractivity contribution >= 4 is 16.9 Å². The number of fused-ring (bicyclic) bond motifs is 2. The molecular formula is C36H37F4N7O2. The number of H-pyrrole nitrogens is 1. The fraction of sp³-hybridized carbons (Fsp3) is 0.361. The van der Waals surface area contributed by atoms with Gasteiger partial charge in [0, 0.05) is 64.6 Å². The van der Waals surface area contributed by atoms with Gasteiger partial charge in [-0.1, -0.05) is 25.1 Å². The second kappa shape index (κ2) is 13.3. The highest BCUT2D eigenvalue weighted by Crippen LogP contribution is 2.36. The first kappa shape index (κ1) is 32.8. The molecule has 5 aromatic rings. The number of amides is 1. The number of halogens is 4. The lowest BCUT2D eigenvalue weighted by Gasteiger charge is -2.34. The number of nitrogens with one attached hydrogen (secondary N) is 1. The maximum Gasteiger partial charge on any atom is 0.416 e. The Labute approximate surface area is 281 Å². The Bertz CT molecular complexity index is 2000. The molecule has 0 radical (unpaired) electrons. The van der Waals surface area contributed by atoms with Crippen LogP contribution < -0.4 is 4.74 Å². The van der Waals surface area contributed by atoms with Crippen molar-refractivity contribution in [3.05, 3.63) is 94.7 Å². The second-order valence-electron chi connectivity index (χ2n) is 12.8. The number of carbonyl (C=O) groups is 1. The number of rotatable bonds is 8. The van der Waals surface area contributed by atoms with Crippen molar-refractivity contribution in [1.82, 2.24) is 34.4 Å². The summed E-state index contributed by atoms with van der Waals surface area (Å²) in [5.41, 5.74) is 3.72. The van der Waals surface area contributed by atoms with Gasteiger partial charge in [0.15, 0.2) is 11.6 Å². The molecule has 9 nitrogen and oxygen atoms in total. The van der Waals surface area contributed by atoms with Gasteiger partial charge in [-0.15, -0.1) is 0 Å². The Morgan fingerprint density at radius 3 is 2.51 bits per heavy atom. The van der Waals surface area contributed by atoms with Gasteiger partial charge in [0.1, 0.15) is 11.4 Å². The van der Waals surface area contributed by atoms with Crippen LogP contribution in [0.15, 0.2) is 61.1 Å². The maximum atomic E-state index is 15.1. The molecule has 0 spiro atoms. The van der Waals surface area contributed by atoms with Crippen LogP contribution in [0.25, 0.3) is 22.3 Å². The molecule has 256 valence electrons. The maximum absolute atomic E-state index is 15.1. The van der Waals surface area contributed by atoms with Crippen LogP contribution in [0, 0.1) is 5.82 Å². The fourth-order valence-corrected chi connectivity index (χ4v) is 6.70. The molecule has 0 atom stereocenters. The van der Waals surface area contributed by atoms with E-state index in [1.54, 1.807) is 47.1 Å². The van der Waals surface area contributed by atoms with E-state index in [0.717, 1.165) is 61.7 Å². The first-order chi connectivity index (χ1) is 23.5. The Hall–Kier alpha value is -4.75. The molecule has 1 saturated heterocycles. The van der Waals surface area contributed by atoms with E-state index in [1.165, 1.54) is 6.07 Å². The zero-order chi connectivity index (χ0) is 34.3. The molecule has 0 bridgehead atoms. The van der Waals surface area contributed by atoms with E-state index in [-0.39, 0.29) is 36.7 Å². The molecule has 0 aliphatic carbocycles. The van der Waals surface area contributed by atoms with Crippen LogP contribution in [-0.4, -0.2) is 79.6 Å². The van der Waals surface area contributed by atoms with E-state index in [2.05, 4.69) is 26.9 Å². The van der Waals surface area contributed by atoms with Gasteiger partial charge < -0.3 is 19.5 Å². The molecule has 0 saturated carbocycles. The van der Waals surface area contributed by atoms with Crippen LogP contribution in [0.1, 0.15) is 34.7 Å². The molecule has 49 heavy (non-hydrogen) atoms. The summed E-state index contributed by atoms with van der Waals surface area (Å²) in [4.78, 5) is 26.8. The molecule has 0 unspecified atom stereocenters. The van der Waals surface area contributed by atoms with Crippen molar-refractivity contribution in [2.75, 3.05) is 39.3 Å². The number of benzene rings is 2. The lowest BCUT2D eigenvalue weighted by molar-refractivity contribution is -0.138. The summed E-state index contributed by atoms with van der Waals surface area (Å²) in [5.74, 6) is -0.468. The summed E-state index contributed by atoms with van der Waals surface area (Å²) in [6.45, 7) is 7.05. The van der Waals surface area contributed by atoms with Gasteiger partial charge >= 0.3 is 6.18 Å². The van der Waals surface area contributed by atoms with Crippen LogP contribution in [-0.2, 0) is 43.9 Å². The first-order valence-corrected chi connectivity index (χ1v) is 16.4. The largest absolute Gasteiger partial charge is 0.453 e. The third-order valence-corrected chi connectivity index (χ3v) is 9.49. The molecule has 1 N–H and O–H groups in total. The van der Waals surface area contributed by atoms with Gasteiger partial charge in [-0.2, -0.15) is 18.3 Å². The van der Waals surface area contributed by atoms with Gasteiger partial charge in [0.2, 0.25) is 5.91 Å². The Morgan fingerprint density at radius 2 is 1.78 bits per heavy atom. The topological polar surface area (TPSA) is 82.5 Å². The highest BCUT2D eigenvalue weighted by atomic mass is 19.4. The predicted octanol–water partition coefficient (Wildman–Crippen LogP) is 6.18. The molecule has 13 heteroatoms. The smallest absolute Gasteiger partial charge is 0.416 e. The molecule has 7 rings (SSSR count). The summed E-state index contributed by atoms with van der Waals surface area (Å²) >= 11 is 0. The van der Waals surface area contributed by atoms with E-state index >= 15 is 4.39 Å². The van der Waals surface area contributed by atoms with Crippen molar-refractivity contribution < 1.29 is 27.1 Å². The summed E-state index contributed by atoms with van der Waals surface area (Å²) in [7, 11) is 1.81. The number of likely N-dealkylation sites (N-methyl/N-ethyl adjacent to an activating group) is 1. The standard InChI is InChI=1S/C36H37F4N7O2/c1-3-45-10-12-46(13-11-45)21-25-5-4-23(14-30(25)36(38,39)40)15-33(48)47-9-8-24-6-7-28(16-26(24)22-47)49-34-29-17-32(27-18-42-44(2)20-27)43-35(29)41-19-31(34)37/h4-7,14,16-20H,3,8-13,15,21-22H2,1-2H3,(H,41,43). The van der Waals surface area contributed by atoms with E-state index in [4.69, 9.17) is 4.74 Å². The molecule has 2 aromatic carbocycles. The number of aromatic amines is 1. The lowest BCUT2D eigenvalue weighted by Crippen LogP contribution is -2.45. The van der Waals surface area contributed by atoms with Crippen LogP contribution in [0.4, 0.5) is 17.6 Å². The van der Waals surface area contributed by atoms with Gasteiger partial charge in [-0.05, 0) is 59.5 Å². The number of pyridine rings is 1. The minimum absolute atomic E-state index is 0.0206. The van der Waals surface area contributed by atoms with Gasteiger partial charge in [0.25, 0.3) is 0 Å². The van der Waals surface area contributed by atoms with E-state index < -0.39 is 17.6 Å². The zero-order valence-electron chi connectivity index (χ0n) is 27.4. The van der Waals surface area contributed by atoms with Crippen LogP contribution >= 0.6 is 0 Å². The van der Waals surface area contributed by atoms with Gasteiger partial charge in [-0.3, -0.25) is 14.4 Å². The number of nitrogens with zero attached hydrogens (tertiary/aromatic N) is 6. The lowest BCUT2D eigenvalue weighted by atomic mass is 9.97. The molecule has 1 amide bonds. The van der Waals surface area contributed by atoms with Crippen LogP contribution in [0.5, 0.6) is 11.5 Å².